The Labute approximate surface area is 247 Å². The number of aromatic nitrogens is 2. The minimum Gasteiger partial charge on any atom is -0.508 e. The molecule has 41 heavy (non-hydrogen) atoms. The SMILES string of the molecule is COc1ccc(/C=C/c2cncc(C)c2)c(Cl)c1.Cc1cncc(/C=C/c2ccc(O)cc2Cl)c1.O=C=O.O=C=O. The molecule has 0 bridgehead atoms. The minimum atomic E-state index is 0.171. The molecule has 0 aliphatic rings. The Kier molecular flexibility index (Phi) is 16.1. The average molecular weight is 593 g/mol. The number of aryl methyl sites for hydroxylation is 2. The summed E-state index contributed by atoms with van der Waals surface area (Å²) in [6, 6.07) is 14.6. The van der Waals surface area contributed by atoms with Crippen molar-refractivity contribution in [1.29, 1.82) is 0 Å². The number of ether oxygens (including phenoxy) is 1. The van der Waals surface area contributed by atoms with Crippen LogP contribution < -0.4 is 4.74 Å². The maximum Gasteiger partial charge on any atom is 0.373 e. The predicted octanol–water partition coefficient (Wildman–Crippen LogP) is 6.97. The Morgan fingerprint density at radius 1 is 0.683 bits per heavy atom. The van der Waals surface area contributed by atoms with E-state index in [-0.39, 0.29) is 18.1 Å². The summed E-state index contributed by atoms with van der Waals surface area (Å²) < 4.78 is 5.11. The molecule has 2 heterocycles. The van der Waals surface area contributed by atoms with Gasteiger partial charge in [0.25, 0.3) is 0 Å². The van der Waals surface area contributed by atoms with E-state index < -0.39 is 0 Å². The van der Waals surface area contributed by atoms with Crippen molar-refractivity contribution in [3.8, 4) is 11.5 Å². The van der Waals surface area contributed by atoms with Crippen LogP contribution in [0, 0.1) is 13.8 Å². The summed E-state index contributed by atoms with van der Waals surface area (Å²) in [6.07, 6.45) is 15.6. The number of phenols is 1. The van der Waals surface area contributed by atoms with E-state index in [4.69, 9.17) is 47.1 Å². The third-order valence-electron chi connectivity index (χ3n) is 4.89. The number of halogens is 2. The third-order valence-corrected chi connectivity index (χ3v) is 5.55. The van der Waals surface area contributed by atoms with Gasteiger partial charge in [-0.1, -0.05) is 47.5 Å². The fourth-order valence-corrected chi connectivity index (χ4v) is 3.60. The second kappa shape index (κ2) is 19.3. The van der Waals surface area contributed by atoms with Crippen LogP contribution >= 0.6 is 23.2 Å². The van der Waals surface area contributed by atoms with Gasteiger partial charge in [0, 0.05) is 24.8 Å². The number of nitrogens with zero attached hydrogens (tertiary/aromatic N) is 2. The normalized spacial score (nSPS) is 9.68. The molecule has 0 unspecified atom stereocenters. The largest absolute Gasteiger partial charge is 0.508 e. The van der Waals surface area contributed by atoms with Gasteiger partial charge in [0.2, 0.25) is 0 Å². The van der Waals surface area contributed by atoms with Gasteiger partial charge in [-0.2, -0.15) is 19.2 Å². The Hall–Kier alpha value is -4.84. The van der Waals surface area contributed by atoms with Crippen molar-refractivity contribution < 1.29 is 29.0 Å². The number of phenolic OH excluding ortho intramolecular Hbond substituents is 1. The first-order chi connectivity index (χ1) is 19.7. The smallest absolute Gasteiger partial charge is 0.373 e. The molecule has 0 aliphatic heterocycles. The summed E-state index contributed by atoms with van der Waals surface area (Å²) in [5, 5.41) is 10.4. The number of methoxy groups -OCH3 is 1. The fourth-order valence-electron chi connectivity index (χ4n) is 3.13. The molecule has 4 aromatic rings. The number of rotatable bonds is 5. The second-order valence-electron chi connectivity index (χ2n) is 8.02. The van der Waals surface area contributed by atoms with Crippen LogP contribution in [0.5, 0.6) is 11.5 Å². The van der Waals surface area contributed by atoms with Crippen LogP contribution in [0.2, 0.25) is 10.0 Å². The number of carbonyl (C=O) groups excluding carboxylic acids is 4. The maximum absolute atomic E-state index is 9.24. The second-order valence-corrected chi connectivity index (χ2v) is 8.83. The molecule has 0 fully saturated rings. The molecule has 0 atom stereocenters. The van der Waals surface area contributed by atoms with Gasteiger partial charge in [0.1, 0.15) is 11.5 Å². The number of hydrogen-bond donors (Lipinski definition) is 1. The van der Waals surface area contributed by atoms with Gasteiger partial charge in [0.15, 0.2) is 0 Å². The number of benzene rings is 2. The summed E-state index contributed by atoms with van der Waals surface area (Å²) in [6.45, 7) is 4.02. The molecule has 1 N–H and O–H groups in total. The molecule has 210 valence electrons. The van der Waals surface area contributed by atoms with Crippen LogP contribution in [0.3, 0.4) is 0 Å². The molecule has 2 aromatic carbocycles. The highest BCUT2D eigenvalue weighted by molar-refractivity contribution is 6.32. The first-order valence-electron chi connectivity index (χ1n) is 11.7. The number of pyridine rings is 2. The van der Waals surface area contributed by atoms with Gasteiger partial charge >= 0.3 is 12.3 Å². The zero-order valence-electron chi connectivity index (χ0n) is 22.4. The summed E-state index contributed by atoms with van der Waals surface area (Å²) in [7, 11) is 1.62. The maximum atomic E-state index is 9.24. The third kappa shape index (κ3) is 13.7. The van der Waals surface area contributed by atoms with E-state index in [0.717, 1.165) is 39.1 Å². The van der Waals surface area contributed by atoms with Crippen LogP contribution in [0.4, 0.5) is 0 Å². The average Bonchev–Trinajstić information content (AvgIpc) is 2.93. The van der Waals surface area contributed by atoms with Gasteiger partial charge in [0.05, 0.1) is 17.2 Å². The molecule has 0 radical (unpaired) electrons. The highest BCUT2D eigenvalue weighted by atomic mass is 35.5. The molecule has 10 heteroatoms. The summed E-state index contributed by atoms with van der Waals surface area (Å²) in [5.74, 6) is 0.929. The first-order valence-corrected chi connectivity index (χ1v) is 12.4. The quantitative estimate of drug-likeness (QED) is 0.263. The van der Waals surface area contributed by atoms with E-state index in [0.29, 0.717) is 10.0 Å². The zero-order valence-corrected chi connectivity index (χ0v) is 23.9. The molecule has 0 amide bonds. The van der Waals surface area contributed by atoms with Crippen molar-refractivity contribution in [1.82, 2.24) is 9.97 Å². The van der Waals surface area contributed by atoms with Crippen molar-refractivity contribution in [2.45, 2.75) is 13.8 Å². The topological polar surface area (TPSA) is 124 Å². The monoisotopic (exact) mass is 592 g/mol. The Morgan fingerprint density at radius 3 is 1.51 bits per heavy atom. The molecule has 8 nitrogen and oxygen atoms in total. The van der Waals surface area contributed by atoms with E-state index >= 15 is 0 Å². The molecule has 4 rings (SSSR count). The Morgan fingerprint density at radius 2 is 1.12 bits per heavy atom. The Bertz CT molecular complexity index is 1530. The lowest BCUT2D eigenvalue weighted by Gasteiger charge is -2.02. The summed E-state index contributed by atoms with van der Waals surface area (Å²) >= 11 is 12.2. The van der Waals surface area contributed by atoms with Crippen molar-refractivity contribution in [3.63, 3.8) is 0 Å². The van der Waals surface area contributed by atoms with Gasteiger partial charge in [-0.25, -0.2) is 0 Å². The number of hydrogen-bond acceptors (Lipinski definition) is 8. The van der Waals surface area contributed by atoms with Crippen molar-refractivity contribution in [3.05, 3.63) is 117 Å². The van der Waals surface area contributed by atoms with E-state index in [1.54, 1.807) is 31.5 Å². The zero-order chi connectivity index (χ0) is 30.6. The van der Waals surface area contributed by atoms with Crippen LogP contribution in [0.25, 0.3) is 24.3 Å². The van der Waals surface area contributed by atoms with Gasteiger partial charge in [-0.05, 0) is 95.8 Å². The van der Waals surface area contributed by atoms with Crippen LogP contribution in [0.15, 0.2) is 73.3 Å². The van der Waals surface area contributed by atoms with Gasteiger partial charge < -0.3 is 9.84 Å². The van der Waals surface area contributed by atoms with E-state index in [1.807, 2.05) is 74.9 Å². The van der Waals surface area contributed by atoms with Gasteiger partial charge in [-0.3, -0.25) is 9.97 Å². The van der Waals surface area contributed by atoms with Crippen molar-refractivity contribution in [2.75, 3.05) is 7.11 Å². The fraction of sp³-hybridized carbons (Fsp3) is 0.0968. The highest BCUT2D eigenvalue weighted by Gasteiger charge is 2.00. The molecular weight excluding hydrogens is 567 g/mol. The molecule has 2 aromatic heterocycles. The van der Waals surface area contributed by atoms with E-state index in [2.05, 4.69) is 16.0 Å². The van der Waals surface area contributed by atoms with Crippen molar-refractivity contribution >= 4 is 59.8 Å². The first kappa shape index (κ1) is 34.2. The minimum absolute atomic E-state index is 0.171. The summed E-state index contributed by atoms with van der Waals surface area (Å²) in [4.78, 5) is 40.8. The molecule has 0 spiro atoms. The molecular formula is C31H26Cl2N2O6. The van der Waals surface area contributed by atoms with Gasteiger partial charge in [-0.15, -0.1) is 0 Å². The van der Waals surface area contributed by atoms with Crippen molar-refractivity contribution in [2.24, 2.45) is 0 Å². The highest BCUT2D eigenvalue weighted by Crippen LogP contribution is 2.24. The van der Waals surface area contributed by atoms with Crippen LogP contribution in [-0.2, 0) is 19.2 Å². The lowest BCUT2D eigenvalue weighted by atomic mass is 10.1. The predicted molar refractivity (Wildman–Crippen MR) is 157 cm³/mol. The summed E-state index contributed by atoms with van der Waals surface area (Å²) in [5.41, 5.74) is 6.16. The van der Waals surface area contributed by atoms with Crippen LogP contribution in [-0.4, -0.2) is 34.5 Å². The van der Waals surface area contributed by atoms with Crippen LogP contribution in [0.1, 0.15) is 33.4 Å². The molecule has 0 aliphatic carbocycles. The van der Waals surface area contributed by atoms with E-state index in [1.165, 1.54) is 6.07 Å². The lowest BCUT2D eigenvalue weighted by Crippen LogP contribution is -1.83. The standard InChI is InChI=1S/C15H14ClNO.C14H12ClNO.2CO2/c1-11-7-12(10-17-9-11)3-4-13-5-6-14(18-2)8-15(13)16;1-10-6-11(9-16-8-10)2-3-12-4-5-13(17)7-14(12)15;2*2-1-3/h3-10H,1-2H3;2-9,17H,1H3;;/b4-3+;3-2+;;. The Balaban J connectivity index is 0.000000345. The molecule has 0 saturated heterocycles. The van der Waals surface area contributed by atoms with E-state index in [9.17, 15) is 5.11 Å². The molecule has 0 saturated carbocycles. The number of aromatic hydroxyl groups is 1. The lowest BCUT2D eigenvalue weighted by molar-refractivity contribution is -0.193.